The molecule has 0 aliphatic carbocycles. The summed E-state index contributed by atoms with van der Waals surface area (Å²) in [7, 11) is 0. The molecule has 7 heteroatoms. The number of rotatable bonds is 3. The van der Waals surface area contributed by atoms with E-state index in [9.17, 15) is 9.59 Å². The molecule has 7 nitrogen and oxygen atoms in total. The summed E-state index contributed by atoms with van der Waals surface area (Å²) in [6, 6.07) is 1.47. The summed E-state index contributed by atoms with van der Waals surface area (Å²) in [4.78, 5) is 28.0. The van der Waals surface area contributed by atoms with Crippen molar-refractivity contribution < 1.29 is 14.1 Å². The number of nitrogens with one attached hydrogen (secondary N) is 1. The summed E-state index contributed by atoms with van der Waals surface area (Å²) in [6.45, 7) is 6.65. The van der Waals surface area contributed by atoms with Gasteiger partial charge in [-0.05, 0) is 33.1 Å². The van der Waals surface area contributed by atoms with E-state index in [1.54, 1.807) is 9.80 Å². The van der Waals surface area contributed by atoms with Crippen molar-refractivity contribution in [2.75, 3.05) is 26.2 Å². The van der Waals surface area contributed by atoms with E-state index in [2.05, 4.69) is 10.5 Å². The van der Waals surface area contributed by atoms with E-state index < -0.39 is 0 Å². The number of nitrogens with zero attached hydrogens (tertiary/aromatic N) is 3. The Morgan fingerprint density at radius 1 is 1.35 bits per heavy atom. The highest BCUT2D eigenvalue weighted by Gasteiger charge is 2.33. The number of carbonyl (C=O) groups is 2. The first-order chi connectivity index (χ1) is 11.1. The molecule has 1 aromatic heterocycles. The minimum Gasteiger partial charge on any atom is -0.361 e. The van der Waals surface area contributed by atoms with Crippen LogP contribution in [-0.2, 0) is 4.79 Å². The van der Waals surface area contributed by atoms with Crippen LogP contribution in [0.5, 0.6) is 0 Å². The molecule has 2 aliphatic rings. The average molecular weight is 320 g/mol. The Bertz CT molecular complexity index is 578. The molecular formula is C16H24N4O3. The molecule has 2 aliphatic heterocycles. The lowest BCUT2D eigenvalue weighted by Gasteiger charge is -2.31. The predicted molar refractivity (Wildman–Crippen MR) is 84.0 cm³/mol. The van der Waals surface area contributed by atoms with Crippen LogP contribution in [0.3, 0.4) is 0 Å². The van der Waals surface area contributed by atoms with Gasteiger partial charge in [-0.25, -0.2) is 4.79 Å². The molecule has 0 saturated carbocycles. The fourth-order valence-corrected chi connectivity index (χ4v) is 3.37. The maximum atomic E-state index is 12.4. The SMILES string of the molecule is CCN1CCC(NC(=O)N2CCC(c3cc(C)no3)CC2)C1=O. The van der Waals surface area contributed by atoms with Crippen LogP contribution in [0.15, 0.2) is 10.6 Å². The number of hydrogen-bond acceptors (Lipinski definition) is 4. The second kappa shape index (κ2) is 6.60. The standard InChI is InChI=1S/C16H24N4O3/c1-3-19-9-6-13(15(19)21)17-16(22)20-7-4-12(5-8-20)14-10-11(2)18-23-14/h10,12-13H,3-9H2,1-2H3,(H,17,22). The third kappa shape index (κ3) is 3.33. The van der Waals surface area contributed by atoms with E-state index in [1.165, 1.54) is 0 Å². The van der Waals surface area contributed by atoms with Crippen molar-refractivity contribution in [2.45, 2.75) is 45.1 Å². The summed E-state index contributed by atoms with van der Waals surface area (Å²) in [5.41, 5.74) is 0.889. The average Bonchev–Trinajstić information content (AvgIpc) is 3.14. The zero-order chi connectivity index (χ0) is 16.4. The van der Waals surface area contributed by atoms with Gasteiger partial charge in [-0.1, -0.05) is 5.16 Å². The molecule has 1 unspecified atom stereocenters. The van der Waals surface area contributed by atoms with Gasteiger partial charge in [0, 0.05) is 38.2 Å². The molecule has 2 fully saturated rings. The maximum absolute atomic E-state index is 12.4. The van der Waals surface area contributed by atoms with E-state index in [-0.39, 0.29) is 18.0 Å². The van der Waals surface area contributed by atoms with Gasteiger partial charge in [0.05, 0.1) is 5.69 Å². The highest BCUT2D eigenvalue weighted by atomic mass is 16.5. The fourth-order valence-electron chi connectivity index (χ4n) is 3.37. The van der Waals surface area contributed by atoms with Gasteiger partial charge >= 0.3 is 6.03 Å². The Kier molecular flexibility index (Phi) is 4.54. The summed E-state index contributed by atoms with van der Waals surface area (Å²) in [5, 5.41) is 6.81. The van der Waals surface area contributed by atoms with E-state index in [1.807, 2.05) is 19.9 Å². The number of urea groups is 1. The molecule has 0 aromatic carbocycles. The van der Waals surface area contributed by atoms with Crippen molar-refractivity contribution >= 4 is 11.9 Å². The van der Waals surface area contributed by atoms with Gasteiger partial charge in [-0.2, -0.15) is 0 Å². The summed E-state index contributed by atoms with van der Waals surface area (Å²) in [6.07, 6.45) is 2.43. The molecule has 0 bridgehead atoms. The van der Waals surface area contributed by atoms with Gasteiger partial charge < -0.3 is 19.6 Å². The molecule has 3 heterocycles. The third-order valence-corrected chi connectivity index (χ3v) is 4.81. The number of piperidine rings is 1. The molecule has 23 heavy (non-hydrogen) atoms. The van der Waals surface area contributed by atoms with Crippen molar-refractivity contribution in [3.05, 3.63) is 17.5 Å². The molecular weight excluding hydrogens is 296 g/mol. The smallest absolute Gasteiger partial charge is 0.318 e. The normalized spacial score (nSPS) is 22.7. The van der Waals surface area contributed by atoms with Gasteiger partial charge in [-0.15, -0.1) is 0 Å². The predicted octanol–water partition coefficient (Wildman–Crippen LogP) is 1.49. The summed E-state index contributed by atoms with van der Waals surface area (Å²) >= 11 is 0. The van der Waals surface area contributed by atoms with E-state index in [0.29, 0.717) is 32.0 Å². The Balaban J connectivity index is 1.50. The second-order valence-electron chi connectivity index (χ2n) is 6.34. The Hall–Kier alpha value is -2.05. The van der Waals surface area contributed by atoms with Crippen molar-refractivity contribution in [3.8, 4) is 0 Å². The van der Waals surface area contributed by atoms with Gasteiger partial charge in [0.15, 0.2) is 0 Å². The molecule has 1 atom stereocenters. The zero-order valence-electron chi connectivity index (χ0n) is 13.7. The molecule has 3 rings (SSSR count). The van der Waals surface area contributed by atoms with Crippen molar-refractivity contribution in [3.63, 3.8) is 0 Å². The molecule has 3 amide bonds. The minimum atomic E-state index is -0.364. The third-order valence-electron chi connectivity index (χ3n) is 4.81. The van der Waals surface area contributed by atoms with Crippen LogP contribution >= 0.6 is 0 Å². The van der Waals surface area contributed by atoms with Crippen LogP contribution in [-0.4, -0.2) is 59.1 Å². The highest BCUT2D eigenvalue weighted by Crippen LogP contribution is 2.28. The number of amides is 3. The Morgan fingerprint density at radius 3 is 2.65 bits per heavy atom. The summed E-state index contributed by atoms with van der Waals surface area (Å²) < 4.78 is 5.33. The van der Waals surface area contributed by atoms with Crippen LogP contribution in [0.25, 0.3) is 0 Å². The lowest BCUT2D eigenvalue weighted by molar-refractivity contribution is -0.129. The molecule has 0 spiro atoms. The monoisotopic (exact) mass is 320 g/mol. The maximum Gasteiger partial charge on any atom is 0.318 e. The quantitative estimate of drug-likeness (QED) is 0.915. The molecule has 1 N–H and O–H groups in total. The van der Waals surface area contributed by atoms with E-state index >= 15 is 0 Å². The van der Waals surface area contributed by atoms with E-state index in [4.69, 9.17) is 4.52 Å². The van der Waals surface area contributed by atoms with Crippen LogP contribution in [0.1, 0.15) is 43.6 Å². The fraction of sp³-hybridized carbons (Fsp3) is 0.688. The van der Waals surface area contributed by atoms with Crippen LogP contribution in [0, 0.1) is 6.92 Å². The van der Waals surface area contributed by atoms with Crippen LogP contribution < -0.4 is 5.32 Å². The van der Waals surface area contributed by atoms with Crippen molar-refractivity contribution in [1.82, 2.24) is 20.3 Å². The first-order valence-electron chi connectivity index (χ1n) is 8.36. The number of carbonyl (C=O) groups excluding carboxylic acids is 2. The first kappa shape index (κ1) is 15.8. The minimum absolute atomic E-state index is 0.0351. The number of likely N-dealkylation sites (tertiary alicyclic amines) is 2. The van der Waals surface area contributed by atoms with Crippen molar-refractivity contribution in [1.29, 1.82) is 0 Å². The molecule has 1 aromatic rings. The number of hydrogen-bond donors (Lipinski definition) is 1. The molecule has 2 saturated heterocycles. The van der Waals surface area contributed by atoms with Gasteiger partial charge in [-0.3, -0.25) is 4.79 Å². The topological polar surface area (TPSA) is 78.7 Å². The first-order valence-corrected chi connectivity index (χ1v) is 8.36. The number of aryl methyl sites for hydroxylation is 1. The van der Waals surface area contributed by atoms with Gasteiger partial charge in [0.25, 0.3) is 0 Å². The zero-order valence-corrected chi connectivity index (χ0v) is 13.7. The molecule has 0 radical (unpaired) electrons. The Morgan fingerprint density at radius 2 is 2.09 bits per heavy atom. The molecule has 126 valence electrons. The van der Waals surface area contributed by atoms with E-state index in [0.717, 1.165) is 30.8 Å². The Labute approximate surface area is 136 Å². The van der Waals surface area contributed by atoms with Crippen molar-refractivity contribution in [2.24, 2.45) is 0 Å². The highest BCUT2D eigenvalue weighted by molar-refractivity contribution is 5.88. The van der Waals surface area contributed by atoms with Crippen LogP contribution in [0.4, 0.5) is 4.79 Å². The van der Waals surface area contributed by atoms with Crippen LogP contribution in [0.2, 0.25) is 0 Å². The van der Waals surface area contributed by atoms with Gasteiger partial charge in [0.2, 0.25) is 5.91 Å². The number of likely N-dealkylation sites (N-methyl/N-ethyl adjacent to an activating group) is 1. The summed E-state index contributed by atoms with van der Waals surface area (Å²) in [5.74, 6) is 1.27. The number of aromatic nitrogens is 1. The lowest BCUT2D eigenvalue weighted by atomic mass is 9.94. The lowest BCUT2D eigenvalue weighted by Crippen LogP contribution is -2.49. The second-order valence-corrected chi connectivity index (χ2v) is 6.34. The van der Waals surface area contributed by atoms with Gasteiger partial charge in [0.1, 0.15) is 11.8 Å². The largest absolute Gasteiger partial charge is 0.361 e.